The molecule has 2 aliphatic heterocycles. The number of hydrogen-bond donors (Lipinski definition) is 0. The maximum absolute atomic E-state index is 6.44. The Hall–Kier alpha value is -0.320. The molecule has 7 rings (SSSR count). The first kappa shape index (κ1) is 38.9. The van der Waals surface area contributed by atoms with Gasteiger partial charge in [-0.15, -0.1) is 0 Å². The van der Waals surface area contributed by atoms with E-state index in [0.29, 0.717) is 48.6 Å². The molecule has 51 heavy (non-hydrogen) atoms. The van der Waals surface area contributed by atoms with E-state index in [0.717, 1.165) is 69.5 Å². The minimum Gasteiger partial charge on any atom is -0.375 e. The largest absolute Gasteiger partial charge is 0.375 e. The van der Waals surface area contributed by atoms with E-state index in [1.807, 2.05) is 0 Å². The van der Waals surface area contributed by atoms with Gasteiger partial charge in [0, 0.05) is 0 Å². The summed E-state index contributed by atoms with van der Waals surface area (Å²) in [6.45, 7) is 8.46. The molecular formula is C43H74O8. The van der Waals surface area contributed by atoms with Crippen LogP contribution >= 0.6 is 0 Å². The summed E-state index contributed by atoms with van der Waals surface area (Å²) < 4.78 is 48.2. The van der Waals surface area contributed by atoms with Gasteiger partial charge in [0.05, 0.1) is 63.6 Å². The normalized spacial score (nSPS) is 41.5. The molecule has 2 heterocycles. The smallest absolute Gasteiger partial charge is 0.155 e. The highest BCUT2D eigenvalue weighted by Gasteiger charge is 2.33. The van der Waals surface area contributed by atoms with Gasteiger partial charge in [0.15, 0.2) is 12.6 Å². The zero-order valence-corrected chi connectivity index (χ0v) is 32.4. The van der Waals surface area contributed by atoms with E-state index in [-0.39, 0.29) is 12.6 Å². The first-order chi connectivity index (χ1) is 25.0. The summed E-state index contributed by atoms with van der Waals surface area (Å²) >= 11 is 0. The maximum atomic E-state index is 6.44. The second-order valence-electron chi connectivity index (χ2n) is 18.1. The van der Waals surface area contributed by atoms with E-state index < -0.39 is 0 Å². The first-order valence-electron chi connectivity index (χ1n) is 22.0. The third-order valence-corrected chi connectivity index (χ3v) is 13.9. The van der Waals surface area contributed by atoms with Crippen molar-refractivity contribution in [2.24, 2.45) is 29.6 Å². The molecule has 0 spiro atoms. The summed E-state index contributed by atoms with van der Waals surface area (Å²) in [4.78, 5) is 0. The van der Waals surface area contributed by atoms with Crippen molar-refractivity contribution in [3.63, 3.8) is 0 Å². The first-order valence-corrected chi connectivity index (χ1v) is 22.0. The third kappa shape index (κ3) is 13.7. The zero-order valence-electron chi connectivity index (χ0n) is 32.4. The van der Waals surface area contributed by atoms with Gasteiger partial charge in [-0.25, -0.2) is 0 Å². The molecule has 0 N–H and O–H groups in total. The molecule has 4 atom stereocenters. The average Bonchev–Trinajstić information content (AvgIpc) is 4.09. The number of hydrogen-bond acceptors (Lipinski definition) is 8. The van der Waals surface area contributed by atoms with Gasteiger partial charge in [-0.1, -0.05) is 0 Å². The predicted octanol–water partition coefficient (Wildman–Crippen LogP) is 9.15. The van der Waals surface area contributed by atoms with Crippen LogP contribution in [0.15, 0.2) is 0 Å². The molecule has 7 aliphatic rings. The third-order valence-electron chi connectivity index (χ3n) is 13.9. The molecule has 5 aliphatic carbocycles. The molecule has 7 fully saturated rings. The van der Waals surface area contributed by atoms with Gasteiger partial charge in [-0.3, -0.25) is 0 Å². The Morgan fingerprint density at radius 1 is 0.392 bits per heavy atom. The standard InChI is InChI=1S/C43H74O8/c1-30(49-39-17-7-34(8-18-39)23-32-3-13-37(14-4-32)45-26-42-28-47-42)44-25-36-11-21-41(22-12-36)51-31(2)50-40-19-9-35(10-20-40)24-33-5-15-38(16-6-33)46-27-43-29-48-43/h30-43H,3-29H2,1-2H3. The Kier molecular flexibility index (Phi) is 15.3. The maximum Gasteiger partial charge on any atom is 0.155 e. The molecule has 4 unspecified atom stereocenters. The molecule has 0 amide bonds. The van der Waals surface area contributed by atoms with Crippen molar-refractivity contribution in [2.45, 2.75) is 210 Å². The SMILES string of the molecule is CC(OCC1CCC(OC(C)OC2CCC(CC3CCC(OCC4CO4)CC3)CC2)CC1)OC1CCC(CC2CCC(OCC3CO3)CC2)CC1. The number of epoxide rings is 2. The van der Waals surface area contributed by atoms with Crippen LogP contribution < -0.4 is 0 Å². The van der Waals surface area contributed by atoms with Gasteiger partial charge in [0.2, 0.25) is 0 Å². The predicted molar refractivity (Wildman–Crippen MR) is 197 cm³/mol. The van der Waals surface area contributed by atoms with Crippen LogP contribution in [0.2, 0.25) is 0 Å². The van der Waals surface area contributed by atoms with Gasteiger partial charge in [0.25, 0.3) is 0 Å². The summed E-state index contributed by atoms with van der Waals surface area (Å²) in [5.74, 6) is 4.16. The van der Waals surface area contributed by atoms with Crippen molar-refractivity contribution >= 4 is 0 Å². The molecule has 0 bridgehead atoms. The summed E-state index contributed by atoms with van der Waals surface area (Å²) in [5, 5.41) is 0. The van der Waals surface area contributed by atoms with Gasteiger partial charge >= 0.3 is 0 Å². The molecule has 0 aromatic heterocycles. The van der Waals surface area contributed by atoms with E-state index in [2.05, 4.69) is 13.8 Å². The van der Waals surface area contributed by atoms with E-state index in [9.17, 15) is 0 Å². The lowest BCUT2D eigenvalue weighted by molar-refractivity contribution is -0.200. The van der Waals surface area contributed by atoms with Crippen molar-refractivity contribution in [3.8, 4) is 0 Å². The van der Waals surface area contributed by atoms with Crippen LogP contribution in [-0.4, -0.2) is 88.3 Å². The Labute approximate surface area is 310 Å². The van der Waals surface area contributed by atoms with Crippen molar-refractivity contribution in [1.29, 1.82) is 0 Å². The Morgan fingerprint density at radius 2 is 0.706 bits per heavy atom. The Morgan fingerprint density at radius 3 is 1.06 bits per heavy atom. The van der Waals surface area contributed by atoms with E-state index >= 15 is 0 Å². The van der Waals surface area contributed by atoms with Crippen molar-refractivity contribution in [3.05, 3.63) is 0 Å². The lowest BCUT2D eigenvalue weighted by Gasteiger charge is -2.36. The van der Waals surface area contributed by atoms with Gasteiger partial charge < -0.3 is 37.9 Å². The van der Waals surface area contributed by atoms with Crippen molar-refractivity contribution in [1.82, 2.24) is 0 Å². The summed E-state index contributed by atoms with van der Waals surface area (Å²) in [6, 6.07) is 0. The number of rotatable bonds is 19. The topological polar surface area (TPSA) is 80.4 Å². The molecule has 294 valence electrons. The quantitative estimate of drug-likeness (QED) is 0.0967. The Bertz CT molecular complexity index is 949. The van der Waals surface area contributed by atoms with Crippen molar-refractivity contribution in [2.75, 3.05) is 33.0 Å². The fourth-order valence-corrected chi connectivity index (χ4v) is 10.4. The van der Waals surface area contributed by atoms with Crippen LogP contribution in [0.5, 0.6) is 0 Å². The zero-order chi connectivity index (χ0) is 34.8. The summed E-state index contributed by atoms with van der Waals surface area (Å²) in [6.07, 6.45) is 30.3. The highest BCUT2D eigenvalue weighted by molar-refractivity contribution is 4.82. The van der Waals surface area contributed by atoms with Gasteiger partial charge in [-0.2, -0.15) is 0 Å². The minimum atomic E-state index is -0.109. The van der Waals surface area contributed by atoms with E-state index in [4.69, 9.17) is 37.9 Å². The van der Waals surface area contributed by atoms with Crippen LogP contribution in [0.25, 0.3) is 0 Å². The monoisotopic (exact) mass is 719 g/mol. The highest BCUT2D eigenvalue weighted by Crippen LogP contribution is 2.39. The fraction of sp³-hybridized carbons (Fsp3) is 1.00. The lowest BCUT2D eigenvalue weighted by Crippen LogP contribution is -2.33. The fourth-order valence-electron chi connectivity index (χ4n) is 10.4. The Balaban J connectivity index is 0.674. The second kappa shape index (κ2) is 20.0. The minimum absolute atomic E-state index is 0.105. The summed E-state index contributed by atoms with van der Waals surface area (Å²) in [7, 11) is 0. The molecule has 5 saturated carbocycles. The van der Waals surface area contributed by atoms with Gasteiger partial charge in [0.1, 0.15) is 12.2 Å². The lowest BCUT2D eigenvalue weighted by atomic mass is 9.76. The molecule has 0 radical (unpaired) electrons. The van der Waals surface area contributed by atoms with E-state index in [1.165, 1.54) is 128 Å². The van der Waals surface area contributed by atoms with E-state index in [1.54, 1.807) is 0 Å². The van der Waals surface area contributed by atoms with Crippen LogP contribution in [0.1, 0.15) is 155 Å². The molecule has 8 heteroatoms. The molecule has 0 aromatic carbocycles. The molecule has 0 aromatic rings. The average molecular weight is 719 g/mol. The van der Waals surface area contributed by atoms with Gasteiger partial charge in [-0.05, 0) is 185 Å². The summed E-state index contributed by atoms with van der Waals surface area (Å²) in [5.41, 5.74) is 0. The van der Waals surface area contributed by atoms with Crippen LogP contribution in [-0.2, 0) is 37.9 Å². The van der Waals surface area contributed by atoms with Crippen LogP contribution in [0.3, 0.4) is 0 Å². The van der Waals surface area contributed by atoms with Crippen molar-refractivity contribution < 1.29 is 37.9 Å². The molecule has 2 saturated heterocycles. The second-order valence-corrected chi connectivity index (χ2v) is 18.1. The molecule has 8 nitrogen and oxygen atoms in total. The number of ether oxygens (including phenoxy) is 8. The highest BCUT2D eigenvalue weighted by atomic mass is 16.7. The molecular weight excluding hydrogens is 644 g/mol. The van der Waals surface area contributed by atoms with Crippen LogP contribution in [0, 0.1) is 29.6 Å². The van der Waals surface area contributed by atoms with Crippen LogP contribution in [0.4, 0.5) is 0 Å².